The highest BCUT2D eigenvalue weighted by molar-refractivity contribution is 6.09. The van der Waals surface area contributed by atoms with Crippen molar-refractivity contribution in [1.29, 1.82) is 0 Å². The molecule has 2 aromatic carbocycles. The van der Waals surface area contributed by atoms with Gasteiger partial charge >= 0.3 is 0 Å². The summed E-state index contributed by atoms with van der Waals surface area (Å²) >= 11 is 0. The summed E-state index contributed by atoms with van der Waals surface area (Å²) < 4.78 is 0. The molecular formula is C18H18N2O3. The molecular weight excluding hydrogens is 292 g/mol. The highest BCUT2D eigenvalue weighted by Crippen LogP contribution is 2.29. The standard InChI is InChI=1S/C18H18N2O3/c1-11(16(21)17(19)22)12-6-8-14(9-7-12)20-10-13-4-2-3-5-15(13)18(20)23/h2-9,11,16,21H,10H2,1H3,(H2,19,22)/t11-,16-/m1/s1. The second-order valence-electron chi connectivity index (χ2n) is 5.78. The summed E-state index contributed by atoms with van der Waals surface area (Å²) in [5, 5.41) is 9.75. The number of amides is 2. The van der Waals surface area contributed by atoms with Crippen molar-refractivity contribution in [3.63, 3.8) is 0 Å². The molecule has 0 fully saturated rings. The number of hydrogen-bond donors (Lipinski definition) is 2. The van der Waals surface area contributed by atoms with Gasteiger partial charge in [0.1, 0.15) is 6.10 Å². The van der Waals surface area contributed by atoms with Crippen molar-refractivity contribution >= 4 is 17.5 Å². The second-order valence-corrected chi connectivity index (χ2v) is 5.78. The van der Waals surface area contributed by atoms with Gasteiger partial charge in [-0.15, -0.1) is 0 Å². The topological polar surface area (TPSA) is 83.6 Å². The monoisotopic (exact) mass is 310 g/mol. The Bertz CT molecular complexity index is 755. The Balaban J connectivity index is 1.82. The number of fused-ring (bicyclic) bond motifs is 1. The molecule has 0 saturated carbocycles. The molecule has 0 aliphatic carbocycles. The van der Waals surface area contributed by atoms with E-state index in [9.17, 15) is 14.7 Å². The van der Waals surface area contributed by atoms with Gasteiger partial charge in [0, 0.05) is 17.2 Å². The van der Waals surface area contributed by atoms with Crippen LogP contribution in [0.3, 0.4) is 0 Å². The molecule has 2 amide bonds. The number of anilines is 1. The van der Waals surface area contributed by atoms with Gasteiger partial charge in [0.25, 0.3) is 5.91 Å². The van der Waals surface area contributed by atoms with Crippen LogP contribution >= 0.6 is 0 Å². The first-order valence-electron chi connectivity index (χ1n) is 7.46. The van der Waals surface area contributed by atoms with Gasteiger partial charge in [0.05, 0.1) is 6.54 Å². The molecule has 23 heavy (non-hydrogen) atoms. The van der Waals surface area contributed by atoms with Crippen molar-refractivity contribution < 1.29 is 14.7 Å². The van der Waals surface area contributed by atoms with Gasteiger partial charge in [-0.1, -0.05) is 37.3 Å². The summed E-state index contributed by atoms with van der Waals surface area (Å²) in [6.45, 7) is 2.29. The minimum Gasteiger partial charge on any atom is -0.383 e. The number of carbonyl (C=O) groups is 2. The van der Waals surface area contributed by atoms with E-state index in [4.69, 9.17) is 5.73 Å². The number of nitrogens with zero attached hydrogens (tertiary/aromatic N) is 1. The molecule has 0 spiro atoms. The zero-order valence-electron chi connectivity index (χ0n) is 12.8. The highest BCUT2D eigenvalue weighted by Gasteiger charge is 2.28. The number of primary amides is 1. The lowest BCUT2D eigenvalue weighted by Crippen LogP contribution is -2.32. The minimum absolute atomic E-state index is 0.0152. The molecule has 1 aliphatic heterocycles. The number of aliphatic hydroxyl groups excluding tert-OH is 1. The first-order valence-corrected chi connectivity index (χ1v) is 7.46. The van der Waals surface area contributed by atoms with E-state index in [1.165, 1.54) is 0 Å². The van der Waals surface area contributed by atoms with Gasteiger partial charge in [0.2, 0.25) is 5.91 Å². The van der Waals surface area contributed by atoms with Crippen molar-refractivity contribution in [3.8, 4) is 0 Å². The minimum atomic E-state index is -1.22. The number of nitrogens with two attached hydrogens (primary N) is 1. The predicted molar refractivity (Wildman–Crippen MR) is 87.0 cm³/mol. The molecule has 0 radical (unpaired) electrons. The smallest absolute Gasteiger partial charge is 0.258 e. The fourth-order valence-corrected chi connectivity index (χ4v) is 2.85. The van der Waals surface area contributed by atoms with Crippen molar-refractivity contribution in [2.45, 2.75) is 25.5 Å². The molecule has 0 unspecified atom stereocenters. The average Bonchev–Trinajstić information content (AvgIpc) is 2.91. The van der Waals surface area contributed by atoms with Gasteiger partial charge in [-0.2, -0.15) is 0 Å². The lowest BCUT2D eigenvalue weighted by molar-refractivity contribution is -0.126. The predicted octanol–water partition coefficient (Wildman–Crippen LogP) is 1.80. The largest absolute Gasteiger partial charge is 0.383 e. The Morgan fingerprint density at radius 3 is 2.43 bits per heavy atom. The summed E-state index contributed by atoms with van der Waals surface area (Å²) in [4.78, 5) is 25.2. The lowest BCUT2D eigenvalue weighted by Gasteiger charge is -2.19. The third-order valence-corrected chi connectivity index (χ3v) is 4.32. The quantitative estimate of drug-likeness (QED) is 0.903. The van der Waals surface area contributed by atoms with Crippen LogP contribution in [0.15, 0.2) is 48.5 Å². The van der Waals surface area contributed by atoms with Crippen LogP contribution in [0.1, 0.15) is 34.3 Å². The van der Waals surface area contributed by atoms with Crippen LogP contribution in [0.5, 0.6) is 0 Å². The first-order chi connectivity index (χ1) is 11.0. The van der Waals surface area contributed by atoms with Gasteiger partial charge in [-0.25, -0.2) is 0 Å². The average molecular weight is 310 g/mol. The summed E-state index contributed by atoms with van der Waals surface area (Å²) in [5.41, 5.74) is 8.46. The van der Waals surface area contributed by atoms with Crippen LogP contribution in [0.2, 0.25) is 0 Å². The molecule has 118 valence electrons. The molecule has 3 rings (SSSR count). The van der Waals surface area contributed by atoms with Crippen LogP contribution in [0, 0.1) is 0 Å². The number of hydrogen-bond acceptors (Lipinski definition) is 3. The third kappa shape index (κ3) is 2.71. The Kier molecular flexibility index (Phi) is 3.88. The molecule has 1 aliphatic rings. The highest BCUT2D eigenvalue weighted by atomic mass is 16.3. The summed E-state index contributed by atoms with van der Waals surface area (Å²) in [7, 11) is 0. The Morgan fingerprint density at radius 2 is 1.83 bits per heavy atom. The zero-order valence-corrected chi connectivity index (χ0v) is 12.8. The summed E-state index contributed by atoms with van der Waals surface area (Å²) in [5.74, 6) is -1.15. The van der Waals surface area contributed by atoms with Crippen LogP contribution in [0.4, 0.5) is 5.69 Å². The van der Waals surface area contributed by atoms with Crippen LogP contribution in [-0.4, -0.2) is 23.0 Å². The summed E-state index contributed by atoms with van der Waals surface area (Å²) in [6, 6.07) is 14.8. The van der Waals surface area contributed by atoms with Gasteiger partial charge in [0.15, 0.2) is 0 Å². The van der Waals surface area contributed by atoms with E-state index >= 15 is 0 Å². The van der Waals surface area contributed by atoms with E-state index < -0.39 is 17.9 Å². The maximum atomic E-state index is 12.4. The Hall–Kier alpha value is -2.66. The second kappa shape index (κ2) is 5.85. The van der Waals surface area contributed by atoms with Crippen molar-refractivity contribution in [1.82, 2.24) is 0 Å². The van der Waals surface area contributed by atoms with Gasteiger partial charge < -0.3 is 15.7 Å². The fraction of sp³-hybridized carbons (Fsp3) is 0.222. The van der Waals surface area contributed by atoms with Crippen LogP contribution in [-0.2, 0) is 11.3 Å². The number of carbonyl (C=O) groups excluding carboxylic acids is 2. The maximum Gasteiger partial charge on any atom is 0.258 e. The lowest BCUT2D eigenvalue weighted by atomic mass is 9.95. The van der Waals surface area contributed by atoms with Crippen LogP contribution < -0.4 is 10.6 Å². The number of benzene rings is 2. The van der Waals surface area contributed by atoms with Crippen LogP contribution in [0.25, 0.3) is 0 Å². The van der Waals surface area contributed by atoms with E-state index in [0.29, 0.717) is 6.54 Å². The Morgan fingerprint density at radius 1 is 1.17 bits per heavy atom. The molecule has 3 N–H and O–H groups in total. The molecule has 0 aromatic heterocycles. The normalized spacial score (nSPS) is 16.1. The van der Waals surface area contributed by atoms with E-state index in [0.717, 1.165) is 22.4 Å². The van der Waals surface area contributed by atoms with E-state index in [1.807, 2.05) is 48.5 Å². The molecule has 2 atom stereocenters. The van der Waals surface area contributed by atoms with Crippen molar-refractivity contribution in [2.75, 3.05) is 4.90 Å². The van der Waals surface area contributed by atoms with E-state index in [2.05, 4.69) is 0 Å². The van der Waals surface area contributed by atoms with Gasteiger partial charge in [-0.3, -0.25) is 9.59 Å². The van der Waals surface area contributed by atoms with Crippen molar-refractivity contribution in [3.05, 3.63) is 65.2 Å². The Labute approximate surface area is 134 Å². The molecule has 5 heteroatoms. The molecule has 0 bridgehead atoms. The van der Waals surface area contributed by atoms with Crippen molar-refractivity contribution in [2.24, 2.45) is 5.73 Å². The fourth-order valence-electron chi connectivity index (χ4n) is 2.85. The SMILES string of the molecule is C[C@H](c1ccc(N2Cc3ccccc3C2=O)cc1)[C@@H](O)C(N)=O. The summed E-state index contributed by atoms with van der Waals surface area (Å²) in [6.07, 6.45) is -1.22. The molecule has 1 heterocycles. The zero-order chi connectivity index (χ0) is 16.6. The van der Waals surface area contributed by atoms with E-state index in [-0.39, 0.29) is 5.91 Å². The molecule has 2 aromatic rings. The van der Waals surface area contributed by atoms with E-state index in [1.54, 1.807) is 11.8 Å². The molecule has 5 nitrogen and oxygen atoms in total. The van der Waals surface area contributed by atoms with Gasteiger partial charge in [-0.05, 0) is 29.3 Å². The molecule has 0 saturated heterocycles. The first kappa shape index (κ1) is 15.2. The maximum absolute atomic E-state index is 12.4. The number of aliphatic hydroxyl groups is 1. The third-order valence-electron chi connectivity index (χ3n) is 4.32. The number of rotatable bonds is 4.